The molecule has 5 heteroatoms. The summed E-state index contributed by atoms with van der Waals surface area (Å²) in [6.45, 7) is 8.34. The van der Waals surface area contributed by atoms with E-state index >= 15 is 0 Å². The van der Waals surface area contributed by atoms with Gasteiger partial charge in [0.2, 0.25) is 0 Å². The smallest absolute Gasteiger partial charge is 0.407 e. The van der Waals surface area contributed by atoms with Gasteiger partial charge >= 0.3 is 6.09 Å². The van der Waals surface area contributed by atoms with Crippen molar-refractivity contribution in [2.75, 3.05) is 18.1 Å². The van der Waals surface area contributed by atoms with Crippen LogP contribution >= 0.6 is 11.8 Å². The normalized spacial score (nSPS) is 12.7. The van der Waals surface area contributed by atoms with Gasteiger partial charge in [0.15, 0.2) is 0 Å². The van der Waals surface area contributed by atoms with E-state index in [9.17, 15) is 4.79 Å². The highest BCUT2D eigenvalue weighted by atomic mass is 32.2. The molecule has 0 aliphatic carbocycles. The first kappa shape index (κ1) is 28.6. The third kappa shape index (κ3) is 22.1. The molecule has 0 heterocycles. The molecule has 0 saturated carbocycles. The Morgan fingerprint density at radius 3 is 1.72 bits per heavy atom. The third-order valence-electron chi connectivity index (χ3n) is 4.97. The van der Waals surface area contributed by atoms with Gasteiger partial charge in [0.25, 0.3) is 0 Å². The van der Waals surface area contributed by atoms with E-state index in [1.165, 1.54) is 89.9 Å². The molecule has 174 valence electrons. The van der Waals surface area contributed by atoms with E-state index in [0.29, 0.717) is 6.54 Å². The van der Waals surface area contributed by atoms with Crippen LogP contribution in [0.3, 0.4) is 0 Å². The van der Waals surface area contributed by atoms with Gasteiger partial charge in [-0.1, -0.05) is 90.4 Å². The summed E-state index contributed by atoms with van der Waals surface area (Å²) < 4.78 is 5.29. The highest BCUT2D eigenvalue weighted by Gasteiger charge is 2.18. The van der Waals surface area contributed by atoms with Gasteiger partial charge in [-0.2, -0.15) is 11.8 Å². The van der Waals surface area contributed by atoms with E-state index in [-0.39, 0.29) is 12.1 Å². The zero-order chi connectivity index (χ0) is 21.8. The summed E-state index contributed by atoms with van der Waals surface area (Å²) in [6.07, 6.45) is 19.1. The number of rotatable bonds is 19. The van der Waals surface area contributed by atoms with Crippen LogP contribution in [0.1, 0.15) is 118 Å². The summed E-state index contributed by atoms with van der Waals surface area (Å²) in [4.78, 5) is 11.8. The second kappa shape index (κ2) is 19.5. The molecule has 0 aromatic heterocycles. The first-order chi connectivity index (χ1) is 13.9. The van der Waals surface area contributed by atoms with Gasteiger partial charge in [-0.15, -0.1) is 0 Å². The van der Waals surface area contributed by atoms with Crippen LogP contribution < -0.4 is 11.1 Å². The number of nitrogens with two attached hydrogens (primary N) is 1. The number of alkyl carbamates (subject to hydrolysis) is 1. The lowest BCUT2D eigenvalue weighted by atomic mass is 10.0. The molecule has 0 spiro atoms. The number of carbonyl (C=O) groups is 1. The maximum atomic E-state index is 11.8. The van der Waals surface area contributed by atoms with Crippen LogP contribution in [0.4, 0.5) is 4.79 Å². The van der Waals surface area contributed by atoms with Gasteiger partial charge in [-0.25, -0.2) is 4.79 Å². The second-order valence-corrected chi connectivity index (χ2v) is 10.4. The van der Waals surface area contributed by atoms with Gasteiger partial charge in [0, 0.05) is 12.3 Å². The van der Waals surface area contributed by atoms with E-state index in [2.05, 4.69) is 12.2 Å². The van der Waals surface area contributed by atoms with E-state index in [1.54, 1.807) is 0 Å². The van der Waals surface area contributed by atoms with Gasteiger partial charge in [-0.05, 0) is 32.9 Å². The molecule has 0 aliphatic rings. The molecule has 0 rings (SSSR count). The van der Waals surface area contributed by atoms with Crippen LogP contribution in [0.5, 0.6) is 0 Å². The Labute approximate surface area is 185 Å². The minimum Gasteiger partial charge on any atom is -0.444 e. The molecule has 0 saturated heterocycles. The van der Waals surface area contributed by atoms with Gasteiger partial charge in [-0.3, -0.25) is 0 Å². The summed E-state index contributed by atoms with van der Waals surface area (Å²) in [5.74, 6) is 2.00. The summed E-state index contributed by atoms with van der Waals surface area (Å²) in [7, 11) is 0. The van der Waals surface area contributed by atoms with Crippen molar-refractivity contribution in [2.45, 2.75) is 129 Å². The quantitative estimate of drug-likeness (QED) is 0.215. The molecule has 0 bridgehead atoms. The van der Waals surface area contributed by atoms with Gasteiger partial charge in [0.05, 0.1) is 6.04 Å². The number of nitrogens with one attached hydrogen (secondary N) is 1. The maximum absolute atomic E-state index is 11.8. The van der Waals surface area contributed by atoms with Crippen LogP contribution in [0, 0.1) is 0 Å². The summed E-state index contributed by atoms with van der Waals surface area (Å²) in [6, 6.07) is -0.0125. The molecule has 0 fully saturated rings. The molecule has 1 amide bonds. The number of carbonyl (C=O) groups excluding carboxylic acids is 1. The van der Waals surface area contributed by atoms with E-state index < -0.39 is 5.60 Å². The van der Waals surface area contributed by atoms with E-state index in [4.69, 9.17) is 10.5 Å². The standard InChI is InChI=1S/C24H50N2O2S/c1-5-6-7-8-9-10-11-12-13-14-15-16-17-18-19-29-21-22(20-25)26-23(27)28-24(2,3)4/h22H,5-21,25H2,1-4H3,(H,26,27). The predicted molar refractivity (Wildman–Crippen MR) is 130 cm³/mol. The minimum atomic E-state index is -0.468. The fourth-order valence-electron chi connectivity index (χ4n) is 3.27. The van der Waals surface area contributed by atoms with E-state index in [0.717, 1.165) is 11.5 Å². The fourth-order valence-corrected chi connectivity index (χ4v) is 4.35. The number of hydrogen-bond acceptors (Lipinski definition) is 4. The molecule has 29 heavy (non-hydrogen) atoms. The molecule has 0 radical (unpaired) electrons. The minimum absolute atomic E-state index is 0.0125. The molecule has 3 N–H and O–H groups in total. The lowest BCUT2D eigenvalue weighted by Gasteiger charge is -2.22. The Balaban J connectivity index is 3.38. The van der Waals surface area contributed by atoms with Crippen LogP contribution in [0.15, 0.2) is 0 Å². The first-order valence-electron chi connectivity index (χ1n) is 12.2. The largest absolute Gasteiger partial charge is 0.444 e. The van der Waals surface area contributed by atoms with Gasteiger partial charge in [0.1, 0.15) is 5.60 Å². The van der Waals surface area contributed by atoms with Crippen LogP contribution in [0.25, 0.3) is 0 Å². The lowest BCUT2D eigenvalue weighted by molar-refractivity contribution is 0.0511. The molecule has 0 aromatic rings. The number of ether oxygens (including phenoxy) is 1. The summed E-state index contributed by atoms with van der Waals surface area (Å²) >= 11 is 1.88. The van der Waals surface area contributed by atoms with Crippen molar-refractivity contribution >= 4 is 17.9 Å². The van der Waals surface area contributed by atoms with Crippen LogP contribution in [0.2, 0.25) is 0 Å². The molecule has 0 aromatic carbocycles. The van der Waals surface area contributed by atoms with Crippen molar-refractivity contribution < 1.29 is 9.53 Å². The Morgan fingerprint density at radius 2 is 1.31 bits per heavy atom. The van der Waals surface area contributed by atoms with Crippen molar-refractivity contribution in [2.24, 2.45) is 5.73 Å². The average Bonchev–Trinajstić information content (AvgIpc) is 2.65. The maximum Gasteiger partial charge on any atom is 0.407 e. The lowest BCUT2D eigenvalue weighted by Crippen LogP contribution is -2.44. The van der Waals surface area contributed by atoms with Crippen molar-refractivity contribution in [1.82, 2.24) is 5.32 Å². The predicted octanol–water partition coefficient (Wildman–Crippen LogP) is 7.05. The average molecular weight is 431 g/mol. The Bertz CT molecular complexity index is 372. The zero-order valence-electron chi connectivity index (χ0n) is 19.9. The number of amides is 1. The SMILES string of the molecule is CCCCCCCCCCCCCCCCSCC(CN)NC(=O)OC(C)(C)C. The zero-order valence-corrected chi connectivity index (χ0v) is 20.7. The molecular weight excluding hydrogens is 380 g/mol. The molecule has 4 nitrogen and oxygen atoms in total. The number of thioether (sulfide) groups is 1. The fraction of sp³-hybridized carbons (Fsp3) is 0.958. The molecule has 1 atom stereocenters. The Kier molecular flexibility index (Phi) is 19.3. The monoisotopic (exact) mass is 430 g/mol. The number of hydrogen-bond donors (Lipinski definition) is 2. The van der Waals surface area contributed by atoms with Crippen molar-refractivity contribution in [3.05, 3.63) is 0 Å². The number of unbranched alkanes of at least 4 members (excludes halogenated alkanes) is 13. The highest BCUT2D eigenvalue weighted by molar-refractivity contribution is 7.99. The van der Waals surface area contributed by atoms with Gasteiger partial charge < -0.3 is 15.8 Å². The Morgan fingerprint density at radius 1 is 0.862 bits per heavy atom. The van der Waals surface area contributed by atoms with Crippen molar-refractivity contribution in [3.63, 3.8) is 0 Å². The summed E-state index contributed by atoms with van der Waals surface area (Å²) in [5, 5.41) is 2.87. The molecule has 1 unspecified atom stereocenters. The highest BCUT2D eigenvalue weighted by Crippen LogP contribution is 2.14. The molecule has 0 aliphatic heterocycles. The topological polar surface area (TPSA) is 64.3 Å². The van der Waals surface area contributed by atoms with Crippen molar-refractivity contribution in [1.29, 1.82) is 0 Å². The summed E-state index contributed by atoms with van der Waals surface area (Å²) in [5.41, 5.74) is 5.30. The van der Waals surface area contributed by atoms with Crippen molar-refractivity contribution in [3.8, 4) is 0 Å². The Hall–Kier alpha value is -0.420. The first-order valence-corrected chi connectivity index (χ1v) is 13.3. The second-order valence-electron chi connectivity index (χ2n) is 9.25. The van der Waals surface area contributed by atoms with Crippen LogP contribution in [-0.2, 0) is 4.74 Å². The third-order valence-corrected chi connectivity index (χ3v) is 6.18. The molecular formula is C24H50N2O2S. The van der Waals surface area contributed by atoms with E-state index in [1.807, 2.05) is 32.5 Å². The van der Waals surface area contributed by atoms with Crippen LogP contribution in [-0.4, -0.2) is 35.8 Å².